The van der Waals surface area contributed by atoms with Gasteiger partial charge in [-0.15, -0.1) is 9.95 Å². The summed E-state index contributed by atoms with van der Waals surface area (Å²) in [7, 11) is 0. The number of para-hydroxylation sites is 1. The Labute approximate surface area is 86.7 Å². The van der Waals surface area contributed by atoms with Crippen LogP contribution in [0.1, 0.15) is 5.56 Å². The summed E-state index contributed by atoms with van der Waals surface area (Å²) >= 11 is 9.33. The normalized spacial score (nSPS) is 8.36. The molecule has 1 rings (SSSR count). The molecule has 0 N–H and O–H groups in total. The molecular formula is C7H4CuOS2. The van der Waals surface area contributed by atoms with Crippen LogP contribution in [-0.4, -0.2) is 4.20 Å². The zero-order valence-corrected chi connectivity index (χ0v) is 7.91. The van der Waals surface area contributed by atoms with E-state index in [4.69, 9.17) is 0 Å². The third-order valence-corrected chi connectivity index (χ3v) is 1.55. The molecule has 11 heavy (non-hydrogen) atoms. The van der Waals surface area contributed by atoms with Gasteiger partial charge < -0.3 is 30.0 Å². The van der Waals surface area contributed by atoms with Crippen molar-refractivity contribution < 1.29 is 22.2 Å². The zero-order chi connectivity index (χ0) is 7.56. The van der Waals surface area contributed by atoms with E-state index in [-0.39, 0.29) is 27.0 Å². The van der Waals surface area contributed by atoms with Gasteiger partial charge >= 0.3 is 17.1 Å². The molecule has 1 nitrogen and oxygen atoms in total. The van der Waals surface area contributed by atoms with E-state index < -0.39 is 0 Å². The standard InChI is InChI=1S/C7H6OS2.Cu/c8-6-4-2-1-3-5(6)7(9)10;/h1-4,8H,(H,9,10);/q;+2/p-2. The van der Waals surface area contributed by atoms with Crippen molar-refractivity contribution in [2.75, 3.05) is 0 Å². The Bertz CT molecular complexity index is 262. The molecule has 1 aromatic rings. The monoisotopic (exact) mass is 231 g/mol. The van der Waals surface area contributed by atoms with Gasteiger partial charge in [-0.2, -0.15) is 0 Å². The Morgan fingerprint density at radius 2 is 1.91 bits per heavy atom. The fraction of sp³-hybridized carbons (Fsp3) is 0. The van der Waals surface area contributed by atoms with Gasteiger partial charge in [-0.25, -0.2) is 0 Å². The summed E-state index contributed by atoms with van der Waals surface area (Å²) in [5, 5.41) is 10.9. The van der Waals surface area contributed by atoms with Gasteiger partial charge in [-0.1, -0.05) is 24.3 Å². The van der Waals surface area contributed by atoms with Gasteiger partial charge in [0.05, 0.1) is 0 Å². The van der Waals surface area contributed by atoms with E-state index >= 15 is 0 Å². The smallest absolute Gasteiger partial charge is 0.872 e. The van der Waals surface area contributed by atoms with Crippen molar-refractivity contribution in [2.45, 2.75) is 0 Å². The van der Waals surface area contributed by atoms with E-state index in [0.29, 0.717) is 5.56 Å². The first-order chi connectivity index (χ1) is 4.72. The van der Waals surface area contributed by atoms with Crippen molar-refractivity contribution in [1.29, 1.82) is 0 Å². The summed E-state index contributed by atoms with van der Waals surface area (Å²) in [6.45, 7) is 0. The average Bonchev–Trinajstić information content (AvgIpc) is 1.88. The predicted octanol–water partition coefficient (Wildman–Crippen LogP) is 0.980. The molecule has 0 atom stereocenters. The first-order valence-corrected chi connectivity index (χ1v) is 3.51. The van der Waals surface area contributed by atoms with Crippen LogP contribution in [0.25, 0.3) is 0 Å². The fourth-order valence-electron chi connectivity index (χ4n) is 0.635. The molecule has 0 aliphatic carbocycles. The second kappa shape index (κ2) is 4.67. The molecule has 0 aromatic heterocycles. The van der Waals surface area contributed by atoms with Gasteiger partial charge in [0, 0.05) is 0 Å². The number of hydrogen-bond donors (Lipinski definition) is 0. The van der Waals surface area contributed by atoms with Crippen LogP contribution in [0.5, 0.6) is 5.75 Å². The molecule has 0 aliphatic rings. The summed E-state index contributed by atoms with van der Waals surface area (Å²) in [5.41, 5.74) is 0.451. The van der Waals surface area contributed by atoms with E-state index in [2.05, 4.69) is 24.8 Å². The van der Waals surface area contributed by atoms with E-state index in [1.165, 1.54) is 6.07 Å². The maximum absolute atomic E-state index is 10.9. The largest absolute Gasteiger partial charge is 2.00 e. The summed E-state index contributed by atoms with van der Waals surface area (Å²) in [5.74, 6) is -0.0949. The molecule has 0 heterocycles. The molecule has 0 spiro atoms. The van der Waals surface area contributed by atoms with Crippen LogP contribution in [0.3, 0.4) is 0 Å². The zero-order valence-electron chi connectivity index (χ0n) is 5.34. The maximum atomic E-state index is 10.9. The summed E-state index contributed by atoms with van der Waals surface area (Å²) in [4.78, 5) is 0. The number of benzene rings is 1. The van der Waals surface area contributed by atoms with Gasteiger partial charge in [-0.05, 0) is 5.56 Å². The molecule has 0 saturated heterocycles. The van der Waals surface area contributed by atoms with E-state index in [9.17, 15) is 5.11 Å². The Kier molecular flexibility index (Phi) is 4.61. The predicted molar refractivity (Wildman–Crippen MR) is 45.0 cm³/mol. The van der Waals surface area contributed by atoms with Crippen LogP contribution in [-0.2, 0) is 29.7 Å². The minimum absolute atomic E-state index is 0. The van der Waals surface area contributed by atoms with Crippen molar-refractivity contribution in [1.82, 2.24) is 0 Å². The molecule has 1 aromatic carbocycles. The third-order valence-electron chi connectivity index (χ3n) is 1.11. The Balaban J connectivity index is 0.000001000. The SMILES string of the molecule is [Cu+2].[O-]c1ccccc1C(=S)[S-]. The van der Waals surface area contributed by atoms with Crippen LogP contribution in [0.4, 0.5) is 0 Å². The molecule has 0 saturated carbocycles. The van der Waals surface area contributed by atoms with Crippen molar-refractivity contribution in [3.05, 3.63) is 29.8 Å². The summed E-state index contributed by atoms with van der Waals surface area (Å²) in [6, 6.07) is 6.50. The Hall–Kier alpha value is -0.151. The first kappa shape index (κ1) is 10.8. The molecule has 4 heteroatoms. The van der Waals surface area contributed by atoms with Crippen molar-refractivity contribution >= 4 is 29.0 Å². The number of rotatable bonds is 1. The molecule has 1 radical (unpaired) electrons. The maximum Gasteiger partial charge on any atom is 2.00 e. The topological polar surface area (TPSA) is 23.1 Å². The number of thiocarbonyl (C=S) groups is 1. The van der Waals surface area contributed by atoms with Gasteiger partial charge in [0.25, 0.3) is 0 Å². The van der Waals surface area contributed by atoms with Crippen LogP contribution >= 0.6 is 12.2 Å². The van der Waals surface area contributed by atoms with Gasteiger partial charge in [-0.3, -0.25) is 0 Å². The van der Waals surface area contributed by atoms with Gasteiger partial charge in [0.15, 0.2) is 0 Å². The van der Waals surface area contributed by atoms with Crippen molar-refractivity contribution in [3.63, 3.8) is 0 Å². The minimum Gasteiger partial charge on any atom is -0.872 e. The van der Waals surface area contributed by atoms with Crippen LogP contribution in [0.15, 0.2) is 24.3 Å². The summed E-state index contributed by atoms with van der Waals surface area (Å²) in [6.07, 6.45) is 0. The van der Waals surface area contributed by atoms with Crippen LogP contribution < -0.4 is 5.11 Å². The molecule has 0 fully saturated rings. The molecule has 0 unspecified atom stereocenters. The van der Waals surface area contributed by atoms with Crippen molar-refractivity contribution in [2.24, 2.45) is 0 Å². The molecule has 61 valence electrons. The second-order valence-electron chi connectivity index (χ2n) is 1.78. The Morgan fingerprint density at radius 3 is 2.27 bits per heavy atom. The first-order valence-electron chi connectivity index (χ1n) is 2.69. The number of hydrogen-bond acceptors (Lipinski definition) is 3. The second-order valence-corrected chi connectivity index (χ2v) is 2.86. The Morgan fingerprint density at radius 1 is 1.36 bits per heavy atom. The van der Waals surface area contributed by atoms with E-state index in [0.717, 1.165) is 0 Å². The van der Waals surface area contributed by atoms with Gasteiger partial charge in [0.2, 0.25) is 0 Å². The molecule has 0 bridgehead atoms. The fourth-order valence-corrected chi connectivity index (χ4v) is 0.973. The van der Waals surface area contributed by atoms with Crippen LogP contribution in [0, 0.1) is 0 Å². The van der Waals surface area contributed by atoms with E-state index in [1.807, 2.05) is 0 Å². The van der Waals surface area contributed by atoms with Crippen LogP contribution in [0.2, 0.25) is 0 Å². The summed E-state index contributed by atoms with van der Waals surface area (Å²) < 4.78 is 0.241. The van der Waals surface area contributed by atoms with Gasteiger partial charge in [0.1, 0.15) is 0 Å². The average molecular weight is 232 g/mol. The van der Waals surface area contributed by atoms with E-state index in [1.54, 1.807) is 18.2 Å². The third kappa shape index (κ3) is 2.75. The van der Waals surface area contributed by atoms with Crippen molar-refractivity contribution in [3.8, 4) is 5.75 Å². The quantitative estimate of drug-likeness (QED) is 0.409. The molecule has 0 amide bonds. The minimum atomic E-state index is -0.0949. The molecule has 0 aliphatic heterocycles. The molecular weight excluding hydrogens is 228 g/mol.